The molecule has 5 amide bonds. The van der Waals surface area contributed by atoms with Gasteiger partial charge in [-0.2, -0.15) is 0 Å². The van der Waals surface area contributed by atoms with Crippen LogP contribution in [0.5, 0.6) is 5.75 Å². The number of aliphatic carboxylic acids is 1. The summed E-state index contributed by atoms with van der Waals surface area (Å²) in [5.74, 6) is -5.60. The molecule has 15 nitrogen and oxygen atoms in total. The minimum absolute atomic E-state index is 0.00162. The number of rotatable bonds is 17. The zero-order valence-electron chi connectivity index (χ0n) is 26.5. The van der Waals surface area contributed by atoms with Crippen molar-refractivity contribution in [2.24, 2.45) is 11.7 Å². The lowest BCUT2D eigenvalue weighted by molar-refractivity contribution is -0.151. The van der Waals surface area contributed by atoms with Gasteiger partial charge in [0, 0.05) is 6.42 Å². The molecule has 47 heavy (non-hydrogen) atoms. The van der Waals surface area contributed by atoms with Gasteiger partial charge in [-0.25, -0.2) is 5.01 Å². The van der Waals surface area contributed by atoms with Crippen molar-refractivity contribution in [3.8, 4) is 5.75 Å². The number of phenols is 1. The number of epoxide rings is 1. The number of aromatic hydroxyl groups is 1. The summed E-state index contributed by atoms with van der Waals surface area (Å²) in [5.41, 5.74) is 9.38. The largest absolute Gasteiger partial charge is 0.508 e. The number of benzene rings is 2. The van der Waals surface area contributed by atoms with E-state index in [1.807, 2.05) is 44.2 Å². The van der Waals surface area contributed by atoms with Gasteiger partial charge in [0.1, 0.15) is 24.4 Å². The maximum Gasteiger partial charge on any atom is 0.325 e. The Morgan fingerprint density at radius 2 is 1.55 bits per heavy atom. The molecule has 5 atom stereocenters. The maximum absolute atomic E-state index is 13.1. The van der Waals surface area contributed by atoms with Crippen LogP contribution in [0.3, 0.4) is 0 Å². The molecule has 0 unspecified atom stereocenters. The number of carboxylic acids is 1. The van der Waals surface area contributed by atoms with Crippen molar-refractivity contribution in [2.75, 3.05) is 13.1 Å². The number of nitrogens with one attached hydrogen (secondary N) is 4. The lowest BCUT2D eigenvalue weighted by Crippen LogP contribution is -2.58. The quantitative estimate of drug-likeness (QED) is 0.0648. The van der Waals surface area contributed by atoms with Crippen LogP contribution in [0.25, 0.3) is 0 Å². The van der Waals surface area contributed by atoms with Crippen molar-refractivity contribution in [3.05, 3.63) is 65.7 Å². The molecule has 0 radical (unpaired) electrons. The number of carbonyl (C=O) groups excluding carboxylic acids is 5. The van der Waals surface area contributed by atoms with E-state index < -0.39 is 72.4 Å². The van der Waals surface area contributed by atoms with E-state index in [4.69, 9.17) is 10.5 Å². The monoisotopic (exact) mass is 654 g/mol. The highest BCUT2D eigenvalue weighted by atomic mass is 16.6. The summed E-state index contributed by atoms with van der Waals surface area (Å²) in [5, 5.41) is 27.5. The second-order valence-electron chi connectivity index (χ2n) is 11.6. The number of primary amides is 1. The van der Waals surface area contributed by atoms with E-state index in [0.717, 1.165) is 12.8 Å². The summed E-state index contributed by atoms with van der Waals surface area (Å²) in [6, 6.07) is 12.9. The van der Waals surface area contributed by atoms with Crippen LogP contribution >= 0.6 is 0 Å². The molecule has 1 fully saturated rings. The minimum Gasteiger partial charge on any atom is -0.508 e. The molecule has 1 heterocycles. The molecule has 1 aliphatic heterocycles. The molecule has 0 aromatic heterocycles. The first-order chi connectivity index (χ1) is 22.3. The normalized spacial score (nSPS) is 17.1. The molecule has 0 saturated carbocycles. The predicted octanol–water partition coefficient (Wildman–Crippen LogP) is -0.632. The van der Waals surface area contributed by atoms with Crippen LogP contribution in [-0.2, 0) is 46.3 Å². The number of phenolic OH excluding ortho intramolecular Hbond substituents is 1. The van der Waals surface area contributed by atoms with Gasteiger partial charge in [0.25, 0.3) is 17.7 Å². The highest BCUT2D eigenvalue weighted by molar-refractivity contribution is 5.98. The number of carbonyl (C=O) groups is 6. The highest BCUT2D eigenvalue weighted by Gasteiger charge is 2.53. The van der Waals surface area contributed by atoms with Crippen molar-refractivity contribution in [2.45, 2.75) is 70.4 Å². The molecule has 0 spiro atoms. The number of nitrogens with zero attached hydrogens (tertiary/aromatic N) is 1. The number of hydrogen-bond acceptors (Lipinski definition) is 9. The molecular weight excluding hydrogens is 612 g/mol. The van der Waals surface area contributed by atoms with E-state index in [1.54, 1.807) is 12.1 Å². The molecule has 254 valence electrons. The number of hydrogen-bond donors (Lipinski definition) is 7. The lowest BCUT2D eigenvalue weighted by atomic mass is 10.0. The minimum atomic E-state index is -1.46. The Morgan fingerprint density at radius 3 is 2.15 bits per heavy atom. The standard InChI is InChI=1S/C32H42N6O9/c1-18(2)25(34-15-7-10-20-8-5-4-6-9-20)30(44)35-19(3)29(43)37-38(17-24(40)41)32(46)27-26(47-27)31(45)36-23(28(33)42)16-21-11-13-22(39)14-12-21/h4-6,8-9,11-14,18-19,23,25-27,34,39H,7,10,15-17H2,1-3H3,(H2,33,42)(H,35,44)(H,36,45)(H,37,43)(H,40,41)/t19-,23-,25-,26-,27-/m0/s1. The fourth-order valence-corrected chi connectivity index (χ4v) is 4.73. The summed E-state index contributed by atoms with van der Waals surface area (Å²) >= 11 is 0. The molecular formula is C32H42N6O9. The zero-order chi connectivity index (χ0) is 34.7. The van der Waals surface area contributed by atoms with Crippen molar-refractivity contribution < 1.29 is 43.7 Å². The van der Waals surface area contributed by atoms with Crippen LogP contribution in [0.2, 0.25) is 0 Å². The van der Waals surface area contributed by atoms with Crippen LogP contribution in [0.4, 0.5) is 0 Å². The smallest absolute Gasteiger partial charge is 0.325 e. The van der Waals surface area contributed by atoms with Gasteiger partial charge in [-0.15, -0.1) is 0 Å². The maximum atomic E-state index is 13.1. The summed E-state index contributed by atoms with van der Waals surface area (Å²) in [6.07, 6.45) is -1.20. The van der Waals surface area contributed by atoms with Gasteiger partial charge in [0.2, 0.25) is 11.8 Å². The Bertz CT molecular complexity index is 1420. The molecule has 1 saturated heterocycles. The van der Waals surface area contributed by atoms with Crippen LogP contribution in [0.1, 0.15) is 38.3 Å². The lowest BCUT2D eigenvalue weighted by Gasteiger charge is -2.26. The molecule has 15 heteroatoms. The Hall–Kier alpha value is -5.02. The topological polar surface area (TPSA) is 233 Å². The number of carboxylic acid groups (broad SMARTS) is 1. The average Bonchev–Trinajstić information content (AvgIpc) is 3.82. The Morgan fingerprint density at radius 1 is 0.894 bits per heavy atom. The van der Waals surface area contributed by atoms with E-state index in [1.165, 1.54) is 24.6 Å². The highest BCUT2D eigenvalue weighted by Crippen LogP contribution is 2.24. The summed E-state index contributed by atoms with van der Waals surface area (Å²) in [4.78, 5) is 75.2. The van der Waals surface area contributed by atoms with Crippen molar-refractivity contribution in [1.29, 1.82) is 0 Å². The van der Waals surface area contributed by atoms with Crippen LogP contribution in [-0.4, -0.2) is 94.2 Å². The molecule has 2 aromatic rings. The Kier molecular flexibility index (Phi) is 13.2. The van der Waals surface area contributed by atoms with E-state index >= 15 is 0 Å². The molecule has 2 aromatic carbocycles. The van der Waals surface area contributed by atoms with Crippen molar-refractivity contribution in [3.63, 3.8) is 0 Å². The fraction of sp³-hybridized carbons (Fsp3) is 0.438. The van der Waals surface area contributed by atoms with Crippen molar-refractivity contribution >= 4 is 35.5 Å². The van der Waals surface area contributed by atoms with Gasteiger partial charge < -0.3 is 36.6 Å². The van der Waals surface area contributed by atoms with E-state index in [-0.39, 0.29) is 18.1 Å². The summed E-state index contributed by atoms with van der Waals surface area (Å²) in [7, 11) is 0. The summed E-state index contributed by atoms with van der Waals surface area (Å²) in [6.45, 7) is 4.69. The van der Waals surface area contributed by atoms with Gasteiger partial charge in [-0.1, -0.05) is 56.3 Å². The van der Waals surface area contributed by atoms with Crippen molar-refractivity contribution in [1.82, 2.24) is 26.4 Å². The molecule has 0 bridgehead atoms. The van der Waals surface area contributed by atoms with Gasteiger partial charge in [-0.3, -0.25) is 34.2 Å². The van der Waals surface area contributed by atoms with Crippen LogP contribution in [0, 0.1) is 5.92 Å². The number of hydrazine groups is 1. The number of aryl methyl sites for hydroxylation is 1. The summed E-state index contributed by atoms with van der Waals surface area (Å²) < 4.78 is 5.18. The Balaban J connectivity index is 1.53. The molecule has 8 N–H and O–H groups in total. The van der Waals surface area contributed by atoms with E-state index in [0.29, 0.717) is 17.1 Å². The number of amides is 5. The number of ether oxygens (including phenoxy) is 1. The second kappa shape index (κ2) is 17.1. The molecule has 3 rings (SSSR count). The molecule has 0 aliphatic carbocycles. The first-order valence-electron chi connectivity index (χ1n) is 15.2. The Labute approximate surface area is 272 Å². The van der Waals surface area contributed by atoms with Crippen LogP contribution < -0.4 is 27.1 Å². The van der Waals surface area contributed by atoms with Gasteiger partial charge in [0.05, 0.1) is 6.04 Å². The first kappa shape index (κ1) is 36.4. The van der Waals surface area contributed by atoms with Gasteiger partial charge in [-0.05, 0) is 55.5 Å². The average molecular weight is 655 g/mol. The second-order valence-corrected chi connectivity index (χ2v) is 11.6. The molecule has 1 aliphatic rings. The third kappa shape index (κ3) is 11.4. The number of nitrogens with two attached hydrogens (primary N) is 1. The third-order valence-electron chi connectivity index (χ3n) is 7.38. The van der Waals surface area contributed by atoms with E-state index in [9.17, 15) is 39.0 Å². The zero-order valence-corrected chi connectivity index (χ0v) is 26.5. The van der Waals surface area contributed by atoms with Gasteiger partial charge >= 0.3 is 5.97 Å². The first-order valence-corrected chi connectivity index (χ1v) is 15.2. The van der Waals surface area contributed by atoms with Gasteiger partial charge in [0.15, 0.2) is 12.2 Å². The SMILES string of the molecule is CC(C)[C@H](NCCCc1ccccc1)C(=O)N[C@@H](C)C(=O)NN(CC(=O)O)C(=O)[C@H]1O[C@@H]1C(=O)N[C@@H](Cc1ccc(O)cc1)C(N)=O. The van der Waals surface area contributed by atoms with Crippen LogP contribution in [0.15, 0.2) is 54.6 Å². The van der Waals surface area contributed by atoms with E-state index in [2.05, 4.69) is 21.4 Å². The fourth-order valence-electron chi connectivity index (χ4n) is 4.73. The predicted molar refractivity (Wildman–Crippen MR) is 168 cm³/mol. The third-order valence-corrected chi connectivity index (χ3v) is 7.38.